The number of rotatable bonds is 4. The van der Waals surface area contributed by atoms with Crippen molar-refractivity contribution in [2.45, 2.75) is 46.5 Å². The van der Waals surface area contributed by atoms with E-state index in [1.165, 1.54) is 19.3 Å². The molecular weight excluding hydrogens is 212 g/mol. The standard InChI is InChI=1S/C14H26N2O/c1-11(2)14(7-8-15-10-14)12(17)16-9-13(3)5-4-6-13/h11,15H,4-10H2,1-3H3,(H,16,17). The third-order valence-electron chi connectivity index (χ3n) is 4.98. The normalized spacial score (nSPS) is 31.3. The average molecular weight is 238 g/mol. The maximum atomic E-state index is 12.4. The van der Waals surface area contributed by atoms with Crippen LogP contribution in [0.3, 0.4) is 0 Å². The van der Waals surface area contributed by atoms with Crippen molar-refractivity contribution in [3.8, 4) is 0 Å². The van der Waals surface area contributed by atoms with Crippen LogP contribution in [0.15, 0.2) is 0 Å². The number of hydrogen-bond acceptors (Lipinski definition) is 2. The Balaban J connectivity index is 1.93. The topological polar surface area (TPSA) is 41.1 Å². The molecule has 0 aromatic carbocycles. The first-order valence-corrected chi connectivity index (χ1v) is 6.98. The van der Waals surface area contributed by atoms with Crippen molar-refractivity contribution in [2.75, 3.05) is 19.6 Å². The van der Waals surface area contributed by atoms with Crippen molar-refractivity contribution in [1.29, 1.82) is 0 Å². The molecule has 1 heterocycles. The van der Waals surface area contributed by atoms with Crippen molar-refractivity contribution in [1.82, 2.24) is 10.6 Å². The molecule has 3 heteroatoms. The van der Waals surface area contributed by atoms with E-state index in [9.17, 15) is 4.79 Å². The van der Waals surface area contributed by atoms with Gasteiger partial charge in [0.1, 0.15) is 0 Å². The van der Waals surface area contributed by atoms with E-state index in [0.29, 0.717) is 11.3 Å². The van der Waals surface area contributed by atoms with Crippen molar-refractivity contribution in [3.05, 3.63) is 0 Å². The molecule has 1 aliphatic heterocycles. The highest BCUT2D eigenvalue weighted by molar-refractivity contribution is 5.83. The SMILES string of the molecule is CC(C)C1(C(=O)NCC2(C)CCC2)CCNC1. The Morgan fingerprint density at radius 2 is 2.06 bits per heavy atom. The lowest BCUT2D eigenvalue weighted by Gasteiger charge is -2.40. The molecule has 1 saturated heterocycles. The van der Waals surface area contributed by atoms with Gasteiger partial charge in [-0.2, -0.15) is 0 Å². The molecule has 98 valence electrons. The average Bonchev–Trinajstić information content (AvgIpc) is 2.73. The van der Waals surface area contributed by atoms with E-state index in [-0.39, 0.29) is 11.3 Å². The number of carbonyl (C=O) groups excluding carboxylic acids is 1. The largest absolute Gasteiger partial charge is 0.355 e. The van der Waals surface area contributed by atoms with E-state index in [2.05, 4.69) is 31.4 Å². The van der Waals surface area contributed by atoms with Gasteiger partial charge in [-0.25, -0.2) is 0 Å². The molecule has 1 aliphatic carbocycles. The summed E-state index contributed by atoms with van der Waals surface area (Å²) in [6.45, 7) is 9.29. The van der Waals surface area contributed by atoms with Crippen LogP contribution in [-0.4, -0.2) is 25.5 Å². The van der Waals surface area contributed by atoms with E-state index in [0.717, 1.165) is 26.1 Å². The maximum Gasteiger partial charge on any atom is 0.227 e. The minimum absolute atomic E-state index is 0.167. The van der Waals surface area contributed by atoms with Crippen LogP contribution in [0.5, 0.6) is 0 Å². The van der Waals surface area contributed by atoms with Crippen LogP contribution < -0.4 is 10.6 Å². The van der Waals surface area contributed by atoms with Gasteiger partial charge in [-0.1, -0.05) is 27.2 Å². The second-order valence-corrected chi connectivity index (χ2v) is 6.58. The van der Waals surface area contributed by atoms with E-state index in [1.54, 1.807) is 0 Å². The predicted molar refractivity (Wildman–Crippen MR) is 69.7 cm³/mol. The highest BCUT2D eigenvalue weighted by atomic mass is 16.2. The smallest absolute Gasteiger partial charge is 0.227 e. The van der Waals surface area contributed by atoms with E-state index < -0.39 is 0 Å². The second kappa shape index (κ2) is 4.60. The molecule has 0 aromatic heterocycles. The molecule has 0 bridgehead atoms. The Bertz CT molecular complexity index is 289. The van der Waals surface area contributed by atoms with Gasteiger partial charge in [0.2, 0.25) is 5.91 Å². The first-order chi connectivity index (χ1) is 7.99. The van der Waals surface area contributed by atoms with Gasteiger partial charge in [0.25, 0.3) is 0 Å². The molecule has 0 aromatic rings. The number of carbonyl (C=O) groups is 1. The van der Waals surface area contributed by atoms with Crippen LogP contribution in [0, 0.1) is 16.7 Å². The van der Waals surface area contributed by atoms with E-state index in [1.807, 2.05) is 0 Å². The second-order valence-electron chi connectivity index (χ2n) is 6.58. The fraction of sp³-hybridized carbons (Fsp3) is 0.929. The lowest BCUT2D eigenvalue weighted by molar-refractivity contribution is -0.133. The lowest BCUT2D eigenvalue weighted by atomic mass is 9.70. The van der Waals surface area contributed by atoms with Gasteiger partial charge in [0.05, 0.1) is 5.41 Å². The number of hydrogen-bond donors (Lipinski definition) is 2. The van der Waals surface area contributed by atoms with Gasteiger partial charge < -0.3 is 10.6 Å². The lowest BCUT2D eigenvalue weighted by Crippen LogP contribution is -2.49. The molecule has 2 fully saturated rings. The summed E-state index contributed by atoms with van der Waals surface area (Å²) >= 11 is 0. The molecule has 0 spiro atoms. The van der Waals surface area contributed by atoms with Gasteiger partial charge in [0.15, 0.2) is 0 Å². The van der Waals surface area contributed by atoms with Crippen molar-refractivity contribution in [2.24, 2.45) is 16.7 Å². The third-order valence-corrected chi connectivity index (χ3v) is 4.98. The fourth-order valence-corrected chi connectivity index (χ4v) is 3.09. The van der Waals surface area contributed by atoms with Crippen LogP contribution in [0.25, 0.3) is 0 Å². The van der Waals surface area contributed by atoms with Crippen molar-refractivity contribution < 1.29 is 4.79 Å². The van der Waals surface area contributed by atoms with Gasteiger partial charge in [-0.15, -0.1) is 0 Å². The first kappa shape index (κ1) is 12.9. The van der Waals surface area contributed by atoms with Crippen LogP contribution >= 0.6 is 0 Å². The molecule has 2 N–H and O–H groups in total. The number of amides is 1. The molecule has 1 saturated carbocycles. The molecule has 17 heavy (non-hydrogen) atoms. The van der Waals surface area contributed by atoms with Gasteiger partial charge in [0, 0.05) is 13.1 Å². The Morgan fingerprint density at radius 1 is 1.35 bits per heavy atom. The van der Waals surface area contributed by atoms with Crippen molar-refractivity contribution >= 4 is 5.91 Å². The summed E-state index contributed by atoms with van der Waals surface area (Å²) in [5.74, 6) is 0.678. The quantitative estimate of drug-likeness (QED) is 0.786. The summed E-state index contributed by atoms with van der Waals surface area (Å²) in [5, 5.41) is 6.55. The Kier molecular flexibility index (Phi) is 3.48. The van der Waals surface area contributed by atoms with Crippen LogP contribution in [0.4, 0.5) is 0 Å². The summed E-state index contributed by atoms with van der Waals surface area (Å²) in [6, 6.07) is 0. The van der Waals surface area contributed by atoms with Gasteiger partial charge in [-0.05, 0) is 37.1 Å². The van der Waals surface area contributed by atoms with Gasteiger partial charge in [-0.3, -0.25) is 4.79 Å². The molecule has 0 radical (unpaired) electrons. The molecule has 2 rings (SSSR count). The highest BCUT2D eigenvalue weighted by Gasteiger charge is 2.44. The Labute approximate surface area is 105 Å². The van der Waals surface area contributed by atoms with Crippen LogP contribution in [-0.2, 0) is 4.79 Å². The summed E-state index contributed by atoms with van der Waals surface area (Å²) in [4.78, 5) is 12.4. The maximum absolute atomic E-state index is 12.4. The molecule has 1 atom stereocenters. The van der Waals surface area contributed by atoms with Crippen LogP contribution in [0.2, 0.25) is 0 Å². The summed E-state index contributed by atoms with van der Waals surface area (Å²) < 4.78 is 0. The van der Waals surface area contributed by atoms with Gasteiger partial charge >= 0.3 is 0 Å². The molecule has 1 amide bonds. The zero-order valence-corrected chi connectivity index (χ0v) is 11.4. The van der Waals surface area contributed by atoms with E-state index in [4.69, 9.17) is 0 Å². The predicted octanol–water partition coefficient (Wildman–Crippen LogP) is 1.93. The minimum Gasteiger partial charge on any atom is -0.355 e. The summed E-state index contributed by atoms with van der Waals surface area (Å²) in [5.41, 5.74) is 0.208. The Hall–Kier alpha value is -0.570. The number of nitrogens with one attached hydrogen (secondary N) is 2. The third kappa shape index (κ3) is 2.35. The summed E-state index contributed by atoms with van der Waals surface area (Å²) in [7, 11) is 0. The summed E-state index contributed by atoms with van der Waals surface area (Å²) in [6.07, 6.45) is 4.83. The minimum atomic E-state index is -0.167. The Morgan fingerprint density at radius 3 is 2.47 bits per heavy atom. The van der Waals surface area contributed by atoms with E-state index >= 15 is 0 Å². The zero-order valence-electron chi connectivity index (χ0n) is 11.4. The molecule has 1 unspecified atom stereocenters. The fourth-order valence-electron chi connectivity index (χ4n) is 3.09. The first-order valence-electron chi connectivity index (χ1n) is 6.98. The van der Waals surface area contributed by atoms with Crippen molar-refractivity contribution in [3.63, 3.8) is 0 Å². The molecule has 2 aliphatic rings. The highest BCUT2D eigenvalue weighted by Crippen LogP contribution is 2.40. The van der Waals surface area contributed by atoms with Crippen LogP contribution in [0.1, 0.15) is 46.5 Å². The monoisotopic (exact) mass is 238 g/mol. The molecule has 3 nitrogen and oxygen atoms in total. The molecular formula is C14H26N2O. The zero-order chi connectivity index (χ0) is 12.5.